The Morgan fingerprint density at radius 1 is 1.04 bits per heavy atom. The lowest BCUT2D eigenvalue weighted by atomic mass is 10.1. The first-order valence-corrected chi connectivity index (χ1v) is 7.69. The molecule has 6 heteroatoms. The Hall–Kier alpha value is -2.60. The van der Waals surface area contributed by atoms with E-state index < -0.39 is 0 Å². The highest BCUT2D eigenvalue weighted by Gasteiger charge is 2.19. The molecule has 0 radical (unpaired) electrons. The quantitative estimate of drug-likeness (QED) is 0.806. The van der Waals surface area contributed by atoms with Gasteiger partial charge in [0, 0.05) is 6.04 Å². The zero-order valence-corrected chi connectivity index (χ0v) is 12.7. The molecule has 2 aromatic rings. The average molecular weight is 313 g/mol. The normalized spacial score (nSPS) is 15.1. The molecule has 3 rings (SSSR count). The number of amides is 2. The number of rotatable bonds is 4. The summed E-state index contributed by atoms with van der Waals surface area (Å²) in [7, 11) is 0. The average Bonchev–Trinajstić information content (AvgIpc) is 3.11. The van der Waals surface area contributed by atoms with Crippen molar-refractivity contribution in [2.24, 2.45) is 0 Å². The van der Waals surface area contributed by atoms with E-state index in [1.54, 1.807) is 36.4 Å². The number of anilines is 1. The number of hydrogen-bond acceptors (Lipinski definition) is 4. The zero-order chi connectivity index (χ0) is 16.1. The van der Waals surface area contributed by atoms with E-state index in [1.165, 1.54) is 6.26 Å². The van der Waals surface area contributed by atoms with Gasteiger partial charge in [0.2, 0.25) is 0 Å². The summed E-state index contributed by atoms with van der Waals surface area (Å²) in [5, 5.41) is 9.02. The van der Waals surface area contributed by atoms with E-state index in [1.807, 2.05) is 0 Å². The fraction of sp³-hybridized carbons (Fsp3) is 0.294. The molecule has 1 aliphatic rings. The van der Waals surface area contributed by atoms with Gasteiger partial charge in [0.05, 0.1) is 17.5 Å². The molecule has 0 bridgehead atoms. The molecule has 1 aromatic carbocycles. The Morgan fingerprint density at radius 2 is 1.83 bits per heavy atom. The van der Waals surface area contributed by atoms with Crippen molar-refractivity contribution in [3.05, 3.63) is 54.0 Å². The van der Waals surface area contributed by atoms with Gasteiger partial charge in [0.25, 0.3) is 11.8 Å². The van der Waals surface area contributed by atoms with Crippen molar-refractivity contribution in [1.82, 2.24) is 10.6 Å². The Kier molecular flexibility index (Phi) is 4.73. The molecule has 2 heterocycles. The van der Waals surface area contributed by atoms with Gasteiger partial charge in [-0.1, -0.05) is 12.1 Å². The van der Waals surface area contributed by atoms with Crippen LogP contribution in [0.4, 0.5) is 5.69 Å². The number of furan rings is 1. The maximum Gasteiger partial charge on any atom is 0.291 e. The largest absolute Gasteiger partial charge is 0.459 e. The maximum atomic E-state index is 12.5. The number of carbonyl (C=O) groups excluding carboxylic acids is 2. The number of carbonyl (C=O) groups is 2. The van der Waals surface area contributed by atoms with E-state index in [4.69, 9.17) is 4.42 Å². The van der Waals surface area contributed by atoms with Crippen LogP contribution in [0.25, 0.3) is 0 Å². The minimum atomic E-state index is -0.378. The molecular formula is C17H19N3O3. The van der Waals surface area contributed by atoms with Gasteiger partial charge >= 0.3 is 0 Å². The third-order valence-electron chi connectivity index (χ3n) is 3.84. The van der Waals surface area contributed by atoms with E-state index in [9.17, 15) is 9.59 Å². The smallest absolute Gasteiger partial charge is 0.291 e. The molecule has 1 saturated heterocycles. The Balaban J connectivity index is 1.72. The highest BCUT2D eigenvalue weighted by atomic mass is 16.3. The van der Waals surface area contributed by atoms with E-state index in [2.05, 4.69) is 16.0 Å². The predicted octanol–water partition coefficient (Wildman–Crippen LogP) is 2.01. The van der Waals surface area contributed by atoms with Gasteiger partial charge < -0.3 is 20.4 Å². The molecule has 0 saturated carbocycles. The summed E-state index contributed by atoms with van der Waals surface area (Å²) in [5.74, 6) is -0.345. The van der Waals surface area contributed by atoms with Gasteiger partial charge in [-0.15, -0.1) is 0 Å². The van der Waals surface area contributed by atoms with Crippen LogP contribution in [0.1, 0.15) is 33.8 Å². The van der Waals surface area contributed by atoms with Crippen molar-refractivity contribution in [2.75, 3.05) is 18.4 Å². The third-order valence-corrected chi connectivity index (χ3v) is 3.84. The van der Waals surface area contributed by atoms with Crippen LogP contribution < -0.4 is 16.0 Å². The Bertz CT molecular complexity index is 676. The molecule has 0 spiro atoms. The molecule has 0 aliphatic carbocycles. The topological polar surface area (TPSA) is 83.4 Å². The Labute approximate surface area is 134 Å². The number of para-hydroxylation sites is 1. The number of piperidine rings is 1. The van der Waals surface area contributed by atoms with Gasteiger partial charge in [-0.05, 0) is 50.2 Å². The van der Waals surface area contributed by atoms with Gasteiger partial charge in [-0.2, -0.15) is 0 Å². The van der Waals surface area contributed by atoms with Crippen LogP contribution in [0.5, 0.6) is 0 Å². The predicted molar refractivity (Wildman–Crippen MR) is 86.5 cm³/mol. The summed E-state index contributed by atoms with van der Waals surface area (Å²) in [6, 6.07) is 10.3. The van der Waals surface area contributed by atoms with Crippen LogP contribution in [0.3, 0.4) is 0 Å². The molecule has 3 N–H and O–H groups in total. The molecule has 6 nitrogen and oxygen atoms in total. The lowest BCUT2D eigenvalue weighted by Crippen LogP contribution is -2.42. The molecule has 0 atom stereocenters. The van der Waals surface area contributed by atoms with Crippen molar-refractivity contribution < 1.29 is 14.0 Å². The minimum Gasteiger partial charge on any atom is -0.459 e. The molecule has 120 valence electrons. The van der Waals surface area contributed by atoms with Crippen molar-refractivity contribution in [2.45, 2.75) is 18.9 Å². The van der Waals surface area contributed by atoms with E-state index in [0.717, 1.165) is 25.9 Å². The van der Waals surface area contributed by atoms with Crippen molar-refractivity contribution in [1.29, 1.82) is 0 Å². The second kappa shape index (κ2) is 7.11. The summed E-state index contributed by atoms with van der Waals surface area (Å²) in [6.07, 6.45) is 3.25. The highest BCUT2D eigenvalue weighted by Crippen LogP contribution is 2.17. The van der Waals surface area contributed by atoms with Crippen molar-refractivity contribution >= 4 is 17.5 Å². The van der Waals surface area contributed by atoms with Gasteiger partial charge in [0.1, 0.15) is 0 Å². The summed E-state index contributed by atoms with van der Waals surface area (Å²) in [4.78, 5) is 24.6. The number of nitrogens with one attached hydrogen (secondary N) is 3. The lowest BCUT2D eigenvalue weighted by Gasteiger charge is -2.24. The summed E-state index contributed by atoms with van der Waals surface area (Å²) in [5.41, 5.74) is 0.922. The summed E-state index contributed by atoms with van der Waals surface area (Å²) in [6.45, 7) is 1.81. The summed E-state index contributed by atoms with van der Waals surface area (Å²) >= 11 is 0. The fourth-order valence-electron chi connectivity index (χ4n) is 2.61. The monoisotopic (exact) mass is 313 g/mol. The van der Waals surface area contributed by atoms with Crippen molar-refractivity contribution in [3.8, 4) is 0 Å². The highest BCUT2D eigenvalue weighted by molar-refractivity contribution is 6.07. The molecule has 23 heavy (non-hydrogen) atoms. The minimum absolute atomic E-state index is 0.164. The first-order valence-electron chi connectivity index (χ1n) is 7.69. The van der Waals surface area contributed by atoms with E-state index in [-0.39, 0.29) is 23.6 Å². The molecule has 1 aliphatic heterocycles. The van der Waals surface area contributed by atoms with E-state index in [0.29, 0.717) is 11.3 Å². The van der Waals surface area contributed by atoms with Crippen LogP contribution >= 0.6 is 0 Å². The van der Waals surface area contributed by atoms with Crippen LogP contribution in [0.2, 0.25) is 0 Å². The fourth-order valence-corrected chi connectivity index (χ4v) is 2.61. The van der Waals surface area contributed by atoms with Crippen LogP contribution in [0, 0.1) is 0 Å². The van der Waals surface area contributed by atoms with Crippen LogP contribution in [0.15, 0.2) is 47.1 Å². The van der Waals surface area contributed by atoms with Gasteiger partial charge in [-0.3, -0.25) is 9.59 Å². The van der Waals surface area contributed by atoms with Crippen LogP contribution in [-0.2, 0) is 0 Å². The zero-order valence-electron chi connectivity index (χ0n) is 12.7. The molecule has 1 aromatic heterocycles. The first-order chi connectivity index (χ1) is 11.2. The van der Waals surface area contributed by atoms with Gasteiger partial charge in [-0.25, -0.2) is 0 Å². The standard InChI is InChI=1S/C17H19N3O3/c21-16(19-12-7-9-18-10-8-12)13-4-1-2-5-14(13)20-17(22)15-6-3-11-23-15/h1-6,11-12,18H,7-10H2,(H,19,21)(H,20,22). The Morgan fingerprint density at radius 3 is 2.57 bits per heavy atom. The molecule has 2 amide bonds. The number of benzene rings is 1. The third kappa shape index (κ3) is 3.78. The maximum absolute atomic E-state index is 12.5. The molecular weight excluding hydrogens is 294 g/mol. The van der Waals surface area contributed by atoms with E-state index >= 15 is 0 Å². The SMILES string of the molecule is O=C(Nc1ccccc1C(=O)NC1CCNCC1)c1ccco1. The number of hydrogen-bond donors (Lipinski definition) is 3. The van der Waals surface area contributed by atoms with Crippen molar-refractivity contribution in [3.63, 3.8) is 0 Å². The summed E-state index contributed by atoms with van der Waals surface area (Å²) < 4.78 is 5.07. The van der Waals surface area contributed by atoms with Gasteiger partial charge in [0.15, 0.2) is 5.76 Å². The lowest BCUT2D eigenvalue weighted by molar-refractivity contribution is 0.0930. The first kappa shape index (κ1) is 15.3. The van der Waals surface area contributed by atoms with Crippen LogP contribution in [-0.4, -0.2) is 30.9 Å². The second-order valence-corrected chi connectivity index (χ2v) is 5.47. The second-order valence-electron chi connectivity index (χ2n) is 5.47. The molecule has 1 fully saturated rings. The molecule has 0 unspecified atom stereocenters.